The standard InChI is InChI=1S/C20H32N2O3/c1-2-3-4-10-15-25-20(24)22-18(16-19(21)23)14-9-8-13-17-11-6-5-7-12-17/h5-7,11-12,18H,2-4,8-10,13-16H2,1H3,(H2,21,23)(H,22,24)/t18-/m0/s1. The van der Waals surface area contributed by atoms with E-state index in [1.807, 2.05) is 18.2 Å². The molecule has 0 unspecified atom stereocenters. The van der Waals surface area contributed by atoms with Gasteiger partial charge in [0.05, 0.1) is 6.61 Å². The molecule has 1 rings (SSSR count). The highest BCUT2D eigenvalue weighted by Gasteiger charge is 2.15. The number of rotatable bonds is 13. The third-order valence-corrected chi connectivity index (χ3v) is 4.11. The van der Waals surface area contributed by atoms with Crippen LogP contribution in [0, 0.1) is 0 Å². The van der Waals surface area contributed by atoms with E-state index in [-0.39, 0.29) is 12.5 Å². The van der Waals surface area contributed by atoms with E-state index in [1.54, 1.807) is 0 Å². The van der Waals surface area contributed by atoms with Crippen LogP contribution in [0.4, 0.5) is 4.79 Å². The molecule has 0 spiro atoms. The number of unbranched alkanes of at least 4 members (excludes halogenated alkanes) is 4. The minimum atomic E-state index is -0.453. The Morgan fingerprint density at radius 3 is 2.52 bits per heavy atom. The molecule has 2 amide bonds. The van der Waals surface area contributed by atoms with Gasteiger partial charge in [-0.15, -0.1) is 0 Å². The van der Waals surface area contributed by atoms with Gasteiger partial charge in [0.1, 0.15) is 0 Å². The quantitative estimate of drug-likeness (QED) is 0.530. The molecule has 1 atom stereocenters. The highest BCUT2D eigenvalue weighted by Crippen LogP contribution is 2.10. The van der Waals surface area contributed by atoms with Crippen LogP contribution in [-0.2, 0) is 16.0 Å². The maximum absolute atomic E-state index is 11.8. The Hall–Kier alpha value is -2.04. The lowest BCUT2D eigenvalue weighted by molar-refractivity contribution is -0.118. The van der Waals surface area contributed by atoms with Gasteiger partial charge in [0.15, 0.2) is 0 Å². The Morgan fingerprint density at radius 1 is 1.08 bits per heavy atom. The first-order chi connectivity index (χ1) is 12.1. The average Bonchev–Trinajstić information content (AvgIpc) is 2.59. The van der Waals surface area contributed by atoms with Crippen LogP contribution in [0.2, 0.25) is 0 Å². The minimum Gasteiger partial charge on any atom is -0.450 e. The van der Waals surface area contributed by atoms with Crippen LogP contribution < -0.4 is 11.1 Å². The van der Waals surface area contributed by atoms with Crippen LogP contribution in [0.25, 0.3) is 0 Å². The summed E-state index contributed by atoms with van der Waals surface area (Å²) in [6.07, 6.45) is 7.57. The van der Waals surface area contributed by atoms with Crippen LogP contribution in [0.3, 0.4) is 0 Å². The van der Waals surface area contributed by atoms with Gasteiger partial charge in [0, 0.05) is 12.5 Å². The second-order valence-electron chi connectivity index (χ2n) is 6.44. The first-order valence-electron chi connectivity index (χ1n) is 9.37. The molecule has 140 valence electrons. The van der Waals surface area contributed by atoms with Crippen molar-refractivity contribution in [3.63, 3.8) is 0 Å². The van der Waals surface area contributed by atoms with E-state index in [2.05, 4.69) is 24.4 Å². The number of aryl methyl sites for hydroxylation is 1. The molecular formula is C20H32N2O3. The number of hydrogen-bond acceptors (Lipinski definition) is 3. The lowest BCUT2D eigenvalue weighted by atomic mass is 10.0. The van der Waals surface area contributed by atoms with Gasteiger partial charge >= 0.3 is 6.09 Å². The van der Waals surface area contributed by atoms with E-state index in [4.69, 9.17) is 10.5 Å². The summed E-state index contributed by atoms with van der Waals surface area (Å²) in [5, 5.41) is 2.78. The van der Waals surface area contributed by atoms with Crippen molar-refractivity contribution in [1.82, 2.24) is 5.32 Å². The minimum absolute atomic E-state index is 0.149. The summed E-state index contributed by atoms with van der Waals surface area (Å²) in [4.78, 5) is 23.0. The molecule has 0 fully saturated rings. The molecule has 5 heteroatoms. The third-order valence-electron chi connectivity index (χ3n) is 4.11. The third kappa shape index (κ3) is 11.2. The first kappa shape index (κ1) is 21.0. The second-order valence-corrected chi connectivity index (χ2v) is 6.44. The Morgan fingerprint density at radius 2 is 1.84 bits per heavy atom. The van der Waals surface area contributed by atoms with E-state index < -0.39 is 12.0 Å². The monoisotopic (exact) mass is 348 g/mol. The van der Waals surface area contributed by atoms with E-state index in [9.17, 15) is 9.59 Å². The number of nitrogens with one attached hydrogen (secondary N) is 1. The maximum Gasteiger partial charge on any atom is 0.407 e. The Kier molecular flexibility index (Phi) is 11.2. The predicted molar refractivity (Wildman–Crippen MR) is 100 cm³/mol. The van der Waals surface area contributed by atoms with Gasteiger partial charge in [-0.1, -0.05) is 62.9 Å². The molecular weight excluding hydrogens is 316 g/mol. The number of benzene rings is 1. The lowest BCUT2D eigenvalue weighted by Gasteiger charge is -2.17. The number of primary amides is 1. The van der Waals surface area contributed by atoms with Crippen molar-refractivity contribution in [3.8, 4) is 0 Å². The molecule has 5 nitrogen and oxygen atoms in total. The number of carbonyl (C=O) groups excluding carboxylic acids is 2. The first-order valence-corrected chi connectivity index (χ1v) is 9.37. The number of alkyl carbamates (subject to hydrolysis) is 1. The van der Waals surface area contributed by atoms with Gasteiger partial charge in [-0.3, -0.25) is 4.79 Å². The zero-order valence-corrected chi connectivity index (χ0v) is 15.3. The number of carbonyl (C=O) groups is 2. The zero-order valence-electron chi connectivity index (χ0n) is 15.3. The number of amides is 2. The van der Waals surface area contributed by atoms with Crippen molar-refractivity contribution < 1.29 is 14.3 Å². The normalized spacial score (nSPS) is 11.7. The molecule has 3 N–H and O–H groups in total. The smallest absolute Gasteiger partial charge is 0.407 e. The van der Waals surface area contributed by atoms with E-state index in [1.165, 1.54) is 5.56 Å². The molecule has 0 aliphatic heterocycles. The zero-order chi connectivity index (χ0) is 18.3. The highest BCUT2D eigenvalue weighted by molar-refractivity contribution is 5.75. The van der Waals surface area contributed by atoms with E-state index in [0.717, 1.165) is 51.4 Å². The average molecular weight is 348 g/mol. The van der Waals surface area contributed by atoms with Crippen molar-refractivity contribution in [2.24, 2.45) is 5.73 Å². The largest absolute Gasteiger partial charge is 0.450 e. The summed E-state index contributed by atoms with van der Waals surface area (Å²) < 4.78 is 5.17. The number of ether oxygens (including phenoxy) is 1. The van der Waals surface area contributed by atoms with Crippen LogP contribution >= 0.6 is 0 Å². The van der Waals surface area contributed by atoms with Gasteiger partial charge in [-0.2, -0.15) is 0 Å². The van der Waals surface area contributed by atoms with Gasteiger partial charge in [0.25, 0.3) is 0 Å². The number of nitrogens with two attached hydrogens (primary N) is 1. The predicted octanol–water partition coefficient (Wildman–Crippen LogP) is 3.95. The Labute approximate surface area is 151 Å². The highest BCUT2D eigenvalue weighted by atomic mass is 16.5. The molecule has 25 heavy (non-hydrogen) atoms. The van der Waals surface area contributed by atoms with Crippen molar-refractivity contribution in [3.05, 3.63) is 35.9 Å². The van der Waals surface area contributed by atoms with Gasteiger partial charge in [0.2, 0.25) is 5.91 Å². The molecule has 1 aromatic rings. The fourth-order valence-corrected chi connectivity index (χ4v) is 2.73. The van der Waals surface area contributed by atoms with Gasteiger partial charge in [-0.05, 0) is 31.2 Å². The summed E-state index contributed by atoms with van der Waals surface area (Å²) in [7, 11) is 0. The second kappa shape index (κ2) is 13.3. The molecule has 0 aliphatic rings. The molecule has 0 radical (unpaired) electrons. The summed E-state index contributed by atoms with van der Waals surface area (Å²) in [6, 6.07) is 10.0. The molecule has 0 bridgehead atoms. The fraction of sp³-hybridized carbons (Fsp3) is 0.600. The molecule has 0 heterocycles. The number of hydrogen-bond donors (Lipinski definition) is 2. The Balaban J connectivity index is 2.25. The van der Waals surface area contributed by atoms with Crippen LogP contribution in [-0.4, -0.2) is 24.6 Å². The molecule has 1 aromatic carbocycles. The molecule has 0 aromatic heterocycles. The van der Waals surface area contributed by atoms with Crippen molar-refractivity contribution >= 4 is 12.0 Å². The summed E-state index contributed by atoms with van der Waals surface area (Å²) >= 11 is 0. The van der Waals surface area contributed by atoms with Crippen LogP contribution in [0.1, 0.15) is 63.9 Å². The van der Waals surface area contributed by atoms with Crippen molar-refractivity contribution in [2.45, 2.75) is 70.8 Å². The van der Waals surface area contributed by atoms with Crippen LogP contribution in [0.5, 0.6) is 0 Å². The summed E-state index contributed by atoms with van der Waals surface area (Å²) in [5.41, 5.74) is 6.59. The van der Waals surface area contributed by atoms with Crippen molar-refractivity contribution in [2.75, 3.05) is 6.61 Å². The summed E-state index contributed by atoms with van der Waals surface area (Å²) in [5.74, 6) is -0.406. The molecule has 0 aliphatic carbocycles. The topological polar surface area (TPSA) is 81.4 Å². The van der Waals surface area contributed by atoms with E-state index >= 15 is 0 Å². The Bertz CT molecular complexity index is 491. The van der Waals surface area contributed by atoms with Gasteiger partial charge < -0.3 is 15.8 Å². The van der Waals surface area contributed by atoms with E-state index in [0.29, 0.717) is 6.61 Å². The van der Waals surface area contributed by atoms with Crippen LogP contribution in [0.15, 0.2) is 30.3 Å². The molecule has 0 saturated heterocycles. The van der Waals surface area contributed by atoms with Gasteiger partial charge in [-0.25, -0.2) is 4.79 Å². The SMILES string of the molecule is CCCCCCOC(=O)N[C@@H](CCCCc1ccccc1)CC(N)=O. The van der Waals surface area contributed by atoms with Crippen molar-refractivity contribution in [1.29, 1.82) is 0 Å². The molecule has 0 saturated carbocycles. The summed E-state index contributed by atoms with van der Waals surface area (Å²) in [6.45, 7) is 2.56. The lowest BCUT2D eigenvalue weighted by Crippen LogP contribution is -2.38. The maximum atomic E-state index is 11.8. The fourth-order valence-electron chi connectivity index (χ4n) is 2.73.